The lowest BCUT2D eigenvalue weighted by atomic mass is 10.1. The van der Waals surface area contributed by atoms with Gasteiger partial charge in [0, 0.05) is 5.02 Å². The van der Waals surface area contributed by atoms with Gasteiger partial charge in [0.25, 0.3) is 0 Å². The van der Waals surface area contributed by atoms with Crippen molar-refractivity contribution in [2.75, 3.05) is 20.1 Å². The topological polar surface area (TPSA) is 74.6 Å². The second-order valence-corrected chi connectivity index (χ2v) is 6.31. The fourth-order valence-electron chi connectivity index (χ4n) is 2.35. The molecule has 1 unspecified atom stereocenters. The maximum absolute atomic E-state index is 12.1. The Morgan fingerprint density at radius 2 is 1.96 bits per heavy atom. The molecule has 2 rings (SSSR count). The number of nitrogens with zero attached hydrogens (tertiary/aromatic N) is 1. The van der Waals surface area contributed by atoms with E-state index in [4.69, 9.17) is 16.0 Å². The minimum absolute atomic E-state index is 0.124. The number of benzene rings is 1. The van der Waals surface area contributed by atoms with Gasteiger partial charge in [-0.1, -0.05) is 23.7 Å². The highest BCUT2D eigenvalue weighted by Gasteiger charge is 2.14. The molecule has 2 amide bonds. The van der Waals surface area contributed by atoms with Crippen molar-refractivity contribution in [1.82, 2.24) is 15.5 Å². The number of hydrogen-bond acceptors (Lipinski definition) is 4. The summed E-state index contributed by atoms with van der Waals surface area (Å²) in [4.78, 5) is 25.6. The fourth-order valence-corrected chi connectivity index (χ4v) is 2.55. The molecule has 0 radical (unpaired) electrons. The first-order chi connectivity index (χ1) is 11.9. The Bertz CT molecular complexity index is 703. The molecule has 0 aliphatic rings. The van der Waals surface area contributed by atoms with Crippen molar-refractivity contribution in [2.24, 2.45) is 0 Å². The van der Waals surface area contributed by atoms with E-state index >= 15 is 0 Å². The number of hydrogen-bond donors (Lipinski definition) is 2. The van der Waals surface area contributed by atoms with Gasteiger partial charge in [0.1, 0.15) is 5.76 Å². The molecule has 1 aromatic carbocycles. The lowest BCUT2D eigenvalue weighted by molar-refractivity contribution is -0.125. The van der Waals surface area contributed by atoms with Gasteiger partial charge < -0.3 is 15.1 Å². The summed E-state index contributed by atoms with van der Waals surface area (Å²) < 4.78 is 5.15. The average molecular weight is 364 g/mol. The van der Waals surface area contributed by atoms with Crippen LogP contribution in [0.2, 0.25) is 5.02 Å². The highest BCUT2D eigenvalue weighted by Crippen LogP contribution is 2.17. The van der Waals surface area contributed by atoms with E-state index in [0.717, 1.165) is 5.56 Å². The Kier molecular flexibility index (Phi) is 7.03. The molecule has 0 saturated carbocycles. The van der Waals surface area contributed by atoms with Gasteiger partial charge >= 0.3 is 0 Å². The van der Waals surface area contributed by atoms with Gasteiger partial charge in [0.05, 0.1) is 31.9 Å². The van der Waals surface area contributed by atoms with Gasteiger partial charge in [-0.3, -0.25) is 14.5 Å². The van der Waals surface area contributed by atoms with Crippen molar-refractivity contribution in [3.05, 3.63) is 59.0 Å². The monoisotopic (exact) mass is 363 g/mol. The molecule has 1 heterocycles. The second kappa shape index (κ2) is 9.25. The molecule has 2 aromatic rings. The van der Waals surface area contributed by atoms with Crippen molar-refractivity contribution in [3.8, 4) is 0 Å². The van der Waals surface area contributed by atoms with Crippen molar-refractivity contribution in [3.63, 3.8) is 0 Å². The van der Waals surface area contributed by atoms with Crippen molar-refractivity contribution < 1.29 is 14.0 Å². The summed E-state index contributed by atoms with van der Waals surface area (Å²) in [7, 11) is 1.72. The number of carbonyl (C=O) groups excluding carboxylic acids is 2. The first kappa shape index (κ1) is 19.0. The van der Waals surface area contributed by atoms with Crippen LogP contribution in [-0.2, 0) is 16.1 Å². The minimum atomic E-state index is -0.172. The molecule has 0 fully saturated rings. The van der Waals surface area contributed by atoms with E-state index in [2.05, 4.69) is 10.6 Å². The van der Waals surface area contributed by atoms with Crippen molar-refractivity contribution in [1.29, 1.82) is 0 Å². The standard InChI is InChI=1S/C18H22ClN3O3/c1-13(14-5-3-6-15(19)9-14)21-18(24)12-22(2)11-17(23)20-10-16-7-4-8-25-16/h3-9,13H,10-12H2,1-2H3,(H,20,23)(H,21,24). The van der Waals surface area contributed by atoms with Gasteiger partial charge in [-0.25, -0.2) is 0 Å². The van der Waals surface area contributed by atoms with Gasteiger partial charge in [0.15, 0.2) is 0 Å². The molecular formula is C18H22ClN3O3. The molecule has 134 valence electrons. The molecule has 0 spiro atoms. The van der Waals surface area contributed by atoms with Crippen LogP contribution in [-0.4, -0.2) is 36.9 Å². The van der Waals surface area contributed by atoms with Gasteiger partial charge in [0.2, 0.25) is 11.8 Å². The third-order valence-corrected chi connectivity index (χ3v) is 3.83. The predicted molar refractivity (Wildman–Crippen MR) is 96.1 cm³/mol. The zero-order valence-electron chi connectivity index (χ0n) is 14.3. The highest BCUT2D eigenvalue weighted by molar-refractivity contribution is 6.30. The molecule has 25 heavy (non-hydrogen) atoms. The van der Waals surface area contributed by atoms with Gasteiger partial charge in [-0.05, 0) is 43.8 Å². The Balaban J connectivity index is 1.72. The number of nitrogens with one attached hydrogen (secondary N) is 2. The summed E-state index contributed by atoms with van der Waals surface area (Å²) >= 11 is 5.96. The fraction of sp³-hybridized carbons (Fsp3) is 0.333. The molecule has 0 aliphatic carbocycles. The smallest absolute Gasteiger partial charge is 0.234 e. The Morgan fingerprint density at radius 3 is 2.64 bits per heavy atom. The molecular weight excluding hydrogens is 342 g/mol. The molecule has 0 saturated heterocycles. The van der Waals surface area contributed by atoms with Crippen LogP contribution in [0.4, 0.5) is 0 Å². The summed E-state index contributed by atoms with van der Waals surface area (Å²) in [5.74, 6) is 0.354. The summed E-state index contributed by atoms with van der Waals surface area (Å²) in [5.41, 5.74) is 0.930. The maximum atomic E-state index is 12.1. The maximum Gasteiger partial charge on any atom is 0.234 e. The first-order valence-electron chi connectivity index (χ1n) is 7.96. The van der Waals surface area contributed by atoms with Crippen LogP contribution in [0.25, 0.3) is 0 Å². The lowest BCUT2D eigenvalue weighted by Gasteiger charge is -2.19. The molecule has 0 aliphatic heterocycles. The normalized spacial score (nSPS) is 12.0. The van der Waals surface area contributed by atoms with Crippen molar-refractivity contribution in [2.45, 2.75) is 19.5 Å². The SMILES string of the molecule is CC(NC(=O)CN(C)CC(=O)NCc1ccco1)c1cccc(Cl)c1. The highest BCUT2D eigenvalue weighted by atomic mass is 35.5. The van der Waals surface area contributed by atoms with Gasteiger partial charge in [-0.15, -0.1) is 0 Å². The molecule has 1 aromatic heterocycles. The number of carbonyl (C=O) groups is 2. The first-order valence-corrected chi connectivity index (χ1v) is 8.34. The molecule has 7 heteroatoms. The van der Waals surface area contributed by atoms with E-state index in [1.165, 1.54) is 0 Å². The minimum Gasteiger partial charge on any atom is -0.467 e. The van der Waals surface area contributed by atoms with Crippen LogP contribution in [0.5, 0.6) is 0 Å². The molecule has 2 N–H and O–H groups in total. The van der Waals surface area contributed by atoms with Crippen molar-refractivity contribution >= 4 is 23.4 Å². The largest absolute Gasteiger partial charge is 0.467 e. The van der Waals surface area contributed by atoms with Gasteiger partial charge in [-0.2, -0.15) is 0 Å². The van der Waals surface area contributed by atoms with Crippen LogP contribution in [0.15, 0.2) is 47.1 Å². The average Bonchev–Trinajstić information content (AvgIpc) is 3.06. The summed E-state index contributed by atoms with van der Waals surface area (Å²) in [5, 5.41) is 6.27. The quantitative estimate of drug-likeness (QED) is 0.755. The van der Waals surface area contributed by atoms with Crippen LogP contribution in [0.3, 0.4) is 0 Å². The number of likely N-dealkylation sites (N-methyl/N-ethyl adjacent to an activating group) is 1. The van der Waals surface area contributed by atoms with E-state index in [9.17, 15) is 9.59 Å². The molecule has 1 atom stereocenters. The lowest BCUT2D eigenvalue weighted by Crippen LogP contribution is -2.41. The van der Waals surface area contributed by atoms with E-state index in [-0.39, 0.29) is 30.9 Å². The zero-order chi connectivity index (χ0) is 18.2. The Labute approximate surface area is 152 Å². The second-order valence-electron chi connectivity index (χ2n) is 5.87. The van der Waals surface area contributed by atoms with Crippen LogP contribution in [0, 0.1) is 0 Å². The van der Waals surface area contributed by atoms with Crippen LogP contribution >= 0.6 is 11.6 Å². The third kappa shape index (κ3) is 6.60. The van der Waals surface area contributed by atoms with E-state index in [1.807, 2.05) is 25.1 Å². The number of amides is 2. The van der Waals surface area contributed by atoms with Crippen LogP contribution < -0.4 is 10.6 Å². The third-order valence-electron chi connectivity index (χ3n) is 3.59. The number of rotatable bonds is 8. The molecule has 6 nitrogen and oxygen atoms in total. The summed E-state index contributed by atoms with van der Waals surface area (Å²) in [6.07, 6.45) is 1.55. The van der Waals surface area contributed by atoms with E-state index in [0.29, 0.717) is 17.3 Å². The van der Waals surface area contributed by atoms with E-state index in [1.54, 1.807) is 36.4 Å². The summed E-state index contributed by atoms with van der Waals surface area (Å²) in [6.45, 7) is 2.47. The van der Waals surface area contributed by atoms with Crippen LogP contribution in [0.1, 0.15) is 24.3 Å². The number of furan rings is 1. The predicted octanol–water partition coefficient (Wildman–Crippen LogP) is 2.36. The molecule has 0 bridgehead atoms. The summed E-state index contributed by atoms with van der Waals surface area (Å²) in [6, 6.07) is 10.7. The Morgan fingerprint density at radius 1 is 1.20 bits per heavy atom. The van der Waals surface area contributed by atoms with E-state index < -0.39 is 0 Å². The number of halogens is 1. The Hall–Kier alpha value is -2.31. The zero-order valence-corrected chi connectivity index (χ0v) is 15.0.